The zero-order chi connectivity index (χ0) is 11.5. The highest BCUT2D eigenvalue weighted by molar-refractivity contribution is 5.49. The van der Waals surface area contributed by atoms with E-state index in [9.17, 15) is 5.11 Å². The van der Waals surface area contributed by atoms with Gasteiger partial charge < -0.3 is 10.0 Å². The van der Waals surface area contributed by atoms with Crippen LogP contribution in [0.5, 0.6) is 0 Å². The Hall–Kier alpha value is -1.02. The molecule has 2 rings (SSSR count). The first-order valence-electron chi connectivity index (χ1n) is 6.23. The third kappa shape index (κ3) is 2.38. The average Bonchev–Trinajstić information content (AvgIpc) is 2.30. The average molecular weight is 219 g/mol. The molecule has 2 nitrogen and oxygen atoms in total. The summed E-state index contributed by atoms with van der Waals surface area (Å²) >= 11 is 0. The molecule has 1 N–H and O–H groups in total. The molecule has 0 saturated carbocycles. The summed E-state index contributed by atoms with van der Waals surface area (Å²) in [7, 11) is 0. The lowest BCUT2D eigenvalue weighted by Crippen LogP contribution is -2.37. The molecule has 1 saturated heterocycles. The van der Waals surface area contributed by atoms with Crippen LogP contribution in [0.25, 0.3) is 0 Å². The number of nitrogens with zero attached hydrogens (tertiary/aromatic N) is 1. The number of rotatable bonds is 2. The molecule has 88 valence electrons. The fraction of sp³-hybridized carbons (Fsp3) is 0.571. The zero-order valence-corrected chi connectivity index (χ0v) is 10.2. The second-order valence-corrected chi connectivity index (χ2v) is 4.81. The Balaban J connectivity index is 2.14. The first-order valence-corrected chi connectivity index (χ1v) is 6.23. The first kappa shape index (κ1) is 11.5. The molecule has 1 heterocycles. The monoisotopic (exact) mass is 219 g/mol. The molecule has 0 radical (unpaired) electrons. The summed E-state index contributed by atoms with van der Waals surface area (Å²) in [6.07, 6.45) is 3.57. The number of piperidine rings is 1. The van der Waals surface area contributed by atoms with Crippen molar-refractivity contribution in [3.63, 3.8) is 0 Å². The van der Waals surface area contributed by atoms with Gasteiger partial charge in [0, 0.05) is 18.3 Å². The molecule has 1 unspecified atom stereocenters. The van der Waals surface area contributed by atoms with Crippen molar-refractivity contribution in [3.05, 3.63) is 29.8 Å². The summed E-state index contributed by atoms with van der Waals surface area (Å²) in [6, 6.07) is 8.96. The van der Waals surface area contributed by atoms with Gasteiger partial charge in [0.15, 0.2) is 0 Å². The van der Waals surface area contributed by atoms with E-state index in [2.05, 4.69) is 24.0 Å². The van der Waals surface area contributed by atoms with E-state index in [-0.39, 0.29) is 6.10 Å². The van der Waals surface area contributed by atoms with E-state index < -0.39 is 0 Å². The summed E-state index contributed by atoms with van der Waals surface area (Å²) in [6.45, 7) is 5.26. The van der Waals surface area contributed by atoms with Crippen LogP contribution in [0.4, 0.5) is 5.69 Å². The van der Waals surface area contributed by atoms with Gasteiger partial charge in [-0.05, 0) is 50.8 Å². The van der Waals surface area contributed by atoms with Gasteiger partial charge in [-0.3, -0.25) is 0 Å². The molecule has 0 bridgehead atoms. The summed E-state index contributed by atoms with van der Waals surface area (Å²) in [5.74, 6) is 0. The SMILES string of the molecule is CC1CCCCN1c1ccc([C@@H](C)O)cc1. The maximum atomic E-state index is 9.46. The minimum atomic E-state index is -0.368. The highest BCUT2D eigenvalue weighted by Gasteiger charge is 2.18. The minimum Gasteiger partial charge on any atom is -0.389 e. The molecule has 1 fully saturated rings. The summed E-state index contributed by atoms with van der Waals surface area (Å²) in [4.78, 5) is 2.47. The van der Waals surface area contributed by atoms with Gasteiger partial charge in [0.05, 0.1) is 6.10 Å². The van der Waals surface area contributed by atoms with Crippen LogP contribution in [-0.2, 0) is 0 Å². The Morgan fingerprint density at radius 3 is 2.50 bits per heavy atom. The Labute approximate surface area is 97.9 Å². The molecular weight excluding hydrogens is 198 g/mol. The second kappa shape index (κ2) is 4.88. The van der Waals surface area contributed by atoms with Crippen LogP contribution in [0, 0.1) is 0 Å². The van der Waals surface area contributed by atoms with Gasteiger partial charge in [-0.2, -0.15) is 0 Å². The number of benzene rings is 1. The van der Waals surface area contributed by atoms with Crippen molar-refractivity contribution in [1.29, 1.82) is 0 Å². The summed E-state index contributed by atoms with van der Waals surface area (Å²) < 4.78 is 0. The smallest absolute Gasteiger partial charge is 0.0761 e. The highest BCUT2D eigenvalue weighted by Crippen LogP contribution is 2.25. The topological polar surface area (TPSA) is 23.5 Å². The van der Waals surface area contributed by atoms with E-state index in [1.807, 2.05) is 12.1 Å². The third-order valence-corrected chi connectivity index (χ3v) is 3.51. The maximum absolute atomic E-state index is 9.46. The van der Waals surface area contributed by atoms with Crippen molar-refractivity contribution >= 4 is 5.69 Å². The predicted molar refractivity (Wildman–Crippen MR) is 67.7 cm³/mol. The molecule has 1 aliphatic heterocycles. The number of hydrogen-bond donors (Lipinski definition) is 1. The van der Waals surface area contributed by atoms with Crippen LogP contribution in [-0.4, -0.2) is 17.7 Å². The molecule has 0 aliphatic carbocycles. The lowest BCUT2D eigenvalue weighted by atomic mass is 10.0. The third-order valence-electron chi connectivity index (χ3n) is 3.51. The molecular formula is C14H21NO. The van der Waals surface area contributed by atoms with Crippen LogP contribution in [0.1, 0.15) is 44.8 Å². The van der Waals surface area contributed by atoms with E-state index >= 15 is 0 Å². The largest absolute Gasteiger partial charge is 0.389 e. The Morgan fingerprint density at radius 2 is 1.94 bits per heavy atom. The van der Waals surface area contributed by atoms with Gasteiger partial charge in [-0.25, -0.2) is 0 Å². The number of anilines is 1. The van der Waals surface area contributed by atoms with Gasteiger partial charge in [-0.15, -0.1) is 0 Å². The van der Waals surface area contributed by atoms with Crippen molar-refractivity contribution < 1.29 is 5.11 Å². The first-order chi connectivity index (χ1) is 7.68. The van der Waals surface area contributed by atoms with E-state index in [0.29, 0.717) is 6.04 Å². The Morgan fingerprint density at radius 1 is 1.25 bits per heavy atom. The van der Waals surface area contributed by atoms with Gasteiger partial charge in [-0.1, -0.05) is 12.1 Å². The Kier molecular flexibility index (Phi) is 3.49. The molecule has 1 aromatic carbocycles. The summed E-state index contributed by atoms with van der Waals surface area (Å²) in [5.41, 5.74) is 2.28. The Bertz CT molecular complexity index is 331. The van der Waals surface area contributed by atoms with Crippen LogP contribution in [0.3, 0.4) is 0 Å². The van der Waals surface area contributed by atoms with E-state index in [1.165, 1.54) is 24.9 Å². The number of aliphatic hydroxyl groups is 1. The molecule has 16 heavy (non-hydrogen) atoms. The quantitative estimate of drug-likeness (QED) is 0.826. The van der Waals surface area contributed by atoms with E-state index in [1.54, 1.807) is 6.92 Å². The number of hydrogen-bond acceptors (Lipinski definition) is 2. The number of aliphatic hydroxyl groups excluding tert-OH is 1. The predicted octanol–water partition coefficient (Wildman–Crippen LogP) is 3.12. The molecule has 0 aromatic heterocycles. The van der Waals surface area contributed by atoms with Crippen molar-refractivity contribution in [3.8, 4) is 0 Å². The van der Waals surface area contributed by atoms with Crippen molar-refractivity contribution in [2.45, 2.75) is 45.3 Å². The molecule has 2 heteroatoms. The van der Waals surface area contributed by atoms with Crippen LogP contribution in [0.2, 0.25) is 0 Å². The van der Waals surface area contributed by atoms with Crippen LogP contribution < -0.4 is 4.90 Å². The van der Waals surface area contributed by atoms with Crippen LogP contribution >= 0.6 is 0 Å². The molecule has 1 aliphatic rings. The van der Waals surface area contributed by atoms with Gasteiger partial charge in [0.1, 0.15) is 0 Å². The normalized spacial score (nSPS) is 23.2. The van der Waals surface area contributed by atoms with Gasteiger partial charge in [0.25, 0.3) is 0 Å². The standard InChI is InChI=1S/C14H21NO/c1-11-5-3-4-10-15(11)14-8-6-13(7-9-14)12(2)16/h6-9,11-12,16H,3-5,10H2,1-2H3/t11?,12-/m1/s1. The van der Waals surface area contributed by atoms with Crippen LogP contribution in [0.15, 0.2) is 24.3 Å². The lowest BCUT2D eigenvalue weighted by molar-refractivity contribution is 0.199. The van der Waals surface area contributed by atoms with E-state index in [4.69, 9.17) is 0 Å². The second-order valence-electron chi connectivity index (χ2n) is 4.81. The molecule has 2 atom stereocenters. The zero-order valence-electron chi connectivity index (χ0n) is 10.2. The van der Waals surface area contributed by atoms with Gasteiger partial charge >= 0.3 is 0 Å². The van der Waals surface area contributed by atoms with Crippen molar-refractivity contribution in [2.75, 3.05) is 11.4 Å². The maximum Gasteiger partial charge on any atom is 0.0761 e. The highest BCUT2D eigenvalue weighted by atomic mass is 16.3. The fourth-order valence-corrected chi connectivity index (χ4v) is 2.43. The minimum absolute atomic E-state index is 0.368. The fourth-order valence-electron chi connectivity index (χ4n) is 2.43. The van der Waals surface area contributed by atoms with Crippen molar-refractivity contribution in [2.24, 2.45) is 0 Å². The molecule has 0 spiro atoms. The van der Waals surface area contributed by atoms with Gasteiger partial charge in [0.2, 0.25) is 0 Å². The molecule has 0 amide bonds. The van der Waals surface area contributed by atoms with E-state index in [0.717, 1.165) is 12.1 Å². The summed E-state index contributed by atoms with van der Waals surface area (Å²) in [5, 5.41) is 9.46. The van der Waals surface area contributed by atoms with Crippen molar-refractivity contribution in [1.82, 2.24) is 0 Å². The molecule has 1 aromatic rings. The lowest BCUT2D eigenvalue weighted by Gasteiger charge is -2.35.